The molecule has 152 valence electrons. The summed E-state index contributed by atoms with van der Waals surface area (Å²) in [6, 6.07) is 8.37. The Morgan fingerprint density at radius 2 is 2.04 bits per heavy atom. The first kappa shape index (κ1) is 20.4. The molecule has 2 heterocycles. The zero-order chi connectivity index (χ0) is 20.1. The van der Waals surface area contributed by atoms with Crippen LogP contribution in [-0.2, 0) is 18.3 Å². The Morgan fingerprint density at radius 1 is 1.29 bits per heavy atom. The van der Waals surface area contributed by atoms with Crippen LogP contribution in [0.25, 0.3) is 0 Å². The van der Waals surface area contributed by atoms with Crippen LogP contribution in [0.4, 0.5) is 0 Å². The summed E-state index contributed by atoms with van der Waals surface area (Å²) in [5.74, 6) is 0.949. The molecule has 1 amide bonds. The van der Waals surface area contributed by atoms with Crippen molar-refractivity contribution in [3.8, 4) is 5.75 Å². The number of nitrogens with zero attached hydrogens (tertiary/aromatic N) is 3. The molecule has 1 aliphatic heterocycles. The molecule has 1 fully saturated rings. The van der Waals surface area contributed by atoms with Gasteiger partial charge in [0.2, 0.25) is 5.91 Å². The zero-order valence-corrected chi connectivity index (χ0v) is 17.5. The Labute approximate surface area is 167 Å². The molecule has 6 nitrogen and oxygen atoms in total. The Bertz CT molecular complexity index is 809. The van der Waals surface area contributed by atoms with Crippen LogP contribution in [0.3, 0.4) is 0 Å². The van der Waals surface area contributed by atoms with Crippen molar-refractivity contribution in [2.75, 3.05) is 26.7 Å². The molecule has 0 radical (unpaired) electrons. The van der Waals surface area contributed by atoms with E-state index in [4.69, 9.17) is 4.74 Å². The van der Waals surface area contributed by atoms with E-state index in [1.54, 1.807) is 7.11 Å². The maximum absolute atomic E-state index is 12.5. The minimum atomic E-state index is 0.0924. The number of carbonyl (C=O) groups is 1. The highest BCUT2D eigenvalue weighted by molar-refractivity contribution is 5.76. The quantitative estimate of drug-likeness (QED) is 0.760. The third kappa shape index (κ3) is 4.73. The van der Waals surface area contributed by atoms with Gasteiger partial charge in [-0.3, -0.25) is 14.4 Å². The van der Waals surface area contributed by atoms with Gasteiger partial charge in [-0.25, -0.2) is 0 Å². The predicted octanol–water partition coefficient (Wildman–Crippen LogP) is 2.93. The summed E-state index contributed by atoms with van der Waals surface area (Å²) in [4.78, 5) is 15.0. The molecule has 1 aromatic heterocycles. The fourth-order valence-electron chi connectivity index (χ4n) is 4.08. The van der Waals surface area contributed by atoms with E-state index >= 15 is 0 Å². The van der Waals surface area contributed by atoms with Gasteiger partial charge in [0.25, 0.3) is 0 Å². The van der Waals surface area contributed by atoms with Gasteiger partial charge in [0.05, 0.1) is 18.8 Å². The van der Waals surface area contributed by atoms with E-state index < -0.39 is 0 Å². The number of aromatic nitrogens is 2. The lowest BCUT2D eigenvalue weighted by Gasteiger charge is -2.28. The van der Waals surface area contributed by atoms with Gasteiger partial charge in [-0.15, -0.1) is 0 Å². The van der Waals surface area contributed by atoms with E-state index in [0.717, 1.165) is 36.6 Å². The Kier molecular flexibility index (Phi) is 6.73. The van der Waals surface area contributed by atoms with E-state index in [1.807, 2.05) is 30.8 Å². The first-order chi connectivity index (χ1) is 13.5. The molecule has 6 heteroatoms. The molecule has 1 atom stereocenters. The molecule has 0 aliphatic carbocycles. The van der Waals surface area contributed by atoms with Gasteiger partial charge >= 0.3 is 0 Å². The second-order valence-corrected chi connectivity index (χ2v) is 7.61. The second kappa shape index (κ2) is 9.24. The largest absolute Gasteiger partial charge is 0.497 e. The highest BCUT2D eigenvalue weighted by Crippen LogP contribution is 2.27. The Hall–Kier alpha value is -2.34. The lowest BCUT2D eigenvalue weighted by Crippen LogP contribution is -2.36. The summed E-state index contributed by atoms with van der Waals surface area (Å²) in [5.41, 5.74) is 4.53. The van der Waals surface area contributed by atoms with Crippen LogP contribution in [-0.4, -0.2) is 47.3 Å². The van der Waals surface area contributed by atoms with E-state index in [-0.39, 0.29) is 11.9 Å². The number of ether oxygens (including phenoxy) is 1. The highest BCUT2D eigenvalue weighted by atomic mass is 16.5. The van der Waals surface area contributed by atoms with Gasteiger partial charge in [0.15, 0.2) is 0 Å². The molecule has 3 rings (SSSR count). The SMILES string of the molecule is COc1cccc(C(CNC(=O)CCc2c(C)nn(C)c2C)N2CCCC2)c1. The molecular formula is C22H32N4O2. The summed E-state index contributed by atoms with van der Waals surface area (Å²) in [7, 11) is 3.63. The first-order valence-corrected chi connectivity index (χ1v) is 10.1. The van der Waals surface area contributed by atoms with Gasteiger partial charge in [-0.2, -0.15) is 5.10 Å². The maximum Gasteiger partial charge on any atom is 0.220 e. The fourth-order valence-corrected chi connectivity index (χ4v) is 4.08. The van der Waals surface area contributed by atoms with Crippen molar-refractivity contribution in [1.82, 2.24) is 20.0 Å². The van der Waals surface area contributed by atoms with Crippen molar-refractivity contribution in [2.45, 2.75) is 45.6 Å². The molecule has 0 bridgehead atoms. The number of benzene rings is 1. The number of amides is 1. The van der Waals surface area contributed by atoms with Crippen LogP contribution >= 0.6 is 0 Å². The number of carbonyl (C=O) groups excluding carboxylic acids is 1. The lowest BCUT2D eigenvalue weighted by molar-refractivity contribution is -0.121. The smallest absolute Gasteiger partial charge is 0.220 e. The minimum Gasteiger partial charge on any atom is -0.497 e. The lowest BCUT2D eigenvalue weighted by atomic mass is 10.0. The van der Waals surface area contributed by atoms with Crippen molar-refractivity contribution in [3.63, 3.8) is 0 Å². The Morgan fingerprint density at radius 3 is 2.68 bits per heavy atom. The average molecular weight is 385 g/mol. The molecule has 2 aromatic rings. The van der Waals surface area contributed by atoms with Gasteiger partial charge in [0, 0.05) is 25.7 Å². The van der Waals surface area contributed by atoms with Crippen LogP contribution < -0.4 is 10.1 Å². The van der Waals surface area contributed by atoms with Crippen LogP contribution in [0.2, 0.25) is 0 Å². The Balaban J connectivity index is 1.62. The van der Waals surface area contributed by atoms with E-state index in [2.05, 4.69) is 34.4 Å². The van der Waals surface area contributed by atoms with Gasteiger partial charge < -0.3 is 10.1 Å². The van der Waals surface area contributed by atoms with Crippen LogP contribution in [0.1, 0.15) is 47.8 Å². The summed E-state index contributed by atoms with van der Waals surface area (Å²) < 4.78 is 7.28. The normalized spacial score (nSPS) is 15.6. The van der Waals surface area contributed by atoms with Crippen LogP contribution in [0, 0.1) is 13.8 Å². The number of methoxy groups -OCH3 is 1. The van der Waals surface area contributed by atoms with Crippen molar-refractivity contribution in [1.29, 1.82) is 0 Å². The molecule has 28 heavy (non-hydrogen) atoms. The minimum absolute atomic E-state index is 0.0924. The van der Waals surface area contributed by atoms with Crippen molar-refractivity contribution < 1.29 is 9.53 Å². The number of hydrogen-bond donors (Lipinski definition) is 1. The first-order valence-electron chi connectivity index (χ1n) is 10.1. The maximum atomic E-state index is 12.5. The summed E-state index contributed by atoms with van der Waals surface area (Å²) in [5, 5.41) is 7.60. The van der Waals surface area contributed by atoms with Crippen LogP contribution in [0.5, 0.6) is 5.75 Å². The third-order valence-electron chi connectivity index (χ3n) is 5.81. The monoisotopic (exact) mass is 384 g/mol. The number of nitrogens with one attached hydrogen (secondary N) is 1. The third-order valence-corrected chi connectivity index (χ3v) is 5.81. The zero-order valence-electron chi connectivity index (χ0n) is 17.5. The highest BCUT2D eigenvalue weighted by Gasteiger charge is 2.24. The number of hydrogen-bond acceptors (Lipinski definition) is 4. The fraction of sp³-hybridized carbons (Fsp3) is 0.545. The molecule has 0 spiro atoms. The second-order valence-electron chi connectivity index (χ2n) is 7.61. The molecular weight excluding hydrogens is 352 g/mol. The number of rotatable bonds is 8. The van der Waals surface area contributed by atoms with E-state index in [0.29, 0.717) is 13.0 Å². The van der Waals surface area contributed by atoms with Crippen molar-refractivity contribution in [2.24, 2.45) is 7.05 Å². The average Bonchev–Trinajstić information content (AvgIpc) is 3.30. The van der Waals surface area contributed by atoms with Crippen molar-refractivity contribution in [3.05, 3.63) is 46.8 Å². The predicted molar refractivity (Wildman–Crippen MR) is 111 cm³/mol. The van der Waals surface area contributed by atoms with Crippen LogP contribution in [0.15, 0.2) is 24.3 Å². The topological polar surface area (TPSA) is 59.4 Å². The molecule has 1 N–H and O–H groups in total. The van der Waals surface area contributed by atoms with Crippen molar-refractivity contribution >= 4 is 5.91 Å². The molecule has 1 aliphatic rings. The molecule has 1 unspecified atom stereocenters. The molecule has 1 aromatic carbocycles. The summed E-state index contributed by atoms with van der Waals surface area (Å²) >= 11 is 0. The molecule has 0 saturated carbocycles. The van der Waals surface area contributed by atoms with E-state index in [1.165, 1.54) is 24.0 Å². The van der Waals surface area contributed by atoms with Gasteiger partial charge in [0.1, 0.15) is 5.75 Å². The standard InChI is InChI=1S/C22H32N4O2/c1-16-20(17(2)25(3)24-16)10-11-22(27)23-15-21(26-12-5-6-13-26)18-8-7-9-19(14-18)28-4/h7-9,14,21H,5-6,10-13,15H2,1-4H3,(H,23,27). The molecule has 1 saturated heterocycles. The van der Waals surface area contributed by atoms with Gasteiger partial charge in [-0.1, -0.05) is 12.1 Å². The number of likely N-dealkylation sites (tertiary alicyclic amines) is 1. The summed E-state index contributed by atoms with van der Waals surface area (Å²) in [6.45, 7) is 6.83. The summed E-state index contributed by atoms with van der Waals surface area (Å²) in [6.07, 6.45) is 3.64. The number of aryl methyl sites for hydroxylation is 2. The van der Waals surface area contributed by atoms with E-state index in [9.17, 15) is 4.79 Å². The van der Waals surface area contributed by atoms with Gasteiger partial charge in [-0.05, 0) is 69.5 Å².